The van der Waals surface area contributed by atoms with Gasteiger partial charge in [-0.2, -0.15) is 0 Å². The van der Waals surface area contributed by atoms with E-state index in [1.165, 1.54) is 5.56 Å². The van der Waals surface area contributed by atoms with E-state index in [9.17, 15) is 9.59 Å². The number of carbonyl (C=O) groups is 2. The molecule has 1 aliphatic heterocycles. The summed E-state index contributed by atoms with van der Waals surface area (Å²) in [6, 6.07) is 14.3. The minimum absolute atomic E-state index is 0.185. The molecule has 0 radical (unpaired) electrons. The fourth-order valence-corrected chi connectivity index (χ4v) is 3.45. The van der Waals surface area contributed by atoms with Gasteiger partial charge in [0.2, 0.25) is 0 Å². The molecular formula is C26H30N4O4. The lowest BCUT2D eigenvalue weighted by atomic mass is 10.1. The van der Waals surface area contributed by atoms with E-state index in [4.69, 9.17) is 9.94 Å². The van der Waals surface area contributed by atoms with Gasteiger partial charge in [-0.25, -0.2) is 5.48 Å². The van der Waals surface area contributed by atoms with Crippen molar-refractivity contribution in [3.05, 3.63) is 76.9 Å². The fourth-order valence-electron chi connectivity index (χ4n) is 3.45. The highest BCUT2D eigenvalue weighted by molar-refractivity contribution is 5.97. The zero-order chi connectivity index (χ0) is 24.2. The van der Waals surface area contributed by atoms with Crippen LogP contribution in [0.5, 0.6) is 0 Å². The van der Waals surface area contributed by atoms with Crippen molar-refractivity contribution >= 4 is 17.9 Å². The van der Waals surface area contributed by atoms with E-state index < -0.39 is 17.9 Å². The second kappa shape index (κ2) is 13.3. The molecule has 3 rings (SSSR count). The van der Waals surface area contributed by atoms with E-state index >= 15 is 0 Å². The lowest BCUT2D eigenvalue weighted by Crippen LogP contribution is -2.50. The van der Waals surface area contributed by atoms with E-state index in [-0.39, 0.29) is 6.54 Å². The zero-order valence-electron chi connectivity index (χ0n) is 19.2. The zero-order valence-corrected chi connectivity index (χ0v) is 19.2. The first-order chi connectivity index (χ1) is 16.6. The third-order valence-electron chi connectivity index (χ3n) is 5.35. The molecule has 8 nitrogen and oxygen atoms in total. The first kappa shape index (κ1) is 25.1. The molecule has 8 heteroatoms. The van der Waals surface area contributed by atoms with Crippen molar-refractivity contribution in [1.29, 1.82) is 0 Å². The molecule has 0 spiro atoms. The molecule has 0 aromatic heterocycles. The maximum absolute atomic E-state index is 12.4. The third kappa shape index (κ3) is 7.83. The van der Waals surface area contributed by atoms with Crippen LogP contribution in [-0.2, 0) is 16.1 Å². The summed E-state index contributed by atoms with van der Waals surface area (Å²) in [5.41, 5.74) is 5.07. The highest BCUT2D eigenvalue weighted by Gasteiger charge is 2.20. The van der Waals surface area contributed by atoms with Crippen LogP contribution in [-0.4, -0.2) is 67.9 Å². The average Bonchev–Trinajstić information content (AvgIpc) is 2.87. The number of allylic oxidation sites excluding steroid dienone is 1. The molecule has 1 aliphatic rings. The molecule has 0 bridgehead atoms. The summed E-state index contributed by atoms with van der Waals surface area (Å²) in [5.74, 6) is 4.94. The lowest BCUT2D eigenvalue weighted by molar-refractivity contribution is -0.131. The molecule has 0 aliphatic carbocycles. The molecule has 4 N–H and O–H groups in total. The second-order valence-corrected chi connectivity index (χ2v) is 7.87. The molecule has 2 aromatic rings. The molecular weight excluding hydrogens is 432 g/mol. The Morgan fingerprint density at radius 3 is 2.47 bits per heavy atom. The predicted octanol–water partition coefficient (Wildman–Crippen LogP) is 1.41. The van der Waals surface area contributed by atoms with Crippen LogP contribution in [0.15, 0.2) is 54.6 Å². The summed E-state index contributed by atoms with van der Waals surface area (Å²) in [6.07, 6.45) is 3.76. The Kier molecular flexibility index (Phi) is 9.82. The Morgan fingerprint density at radius 2 is 1.82 bits per heavy atom. The van der Waals surface area contributed by atoms with Gasteiger partial charge in [0.05, 0.1) is 13.2 Å². The molecule has 0 unspecified atom stereocenters. The number of carbonyl (C=O) groups excluding carboxylic acids is 2. The van der Waals surface area contributed by atoms with Gasteiger partial charge in [-0.3, -0.25) is 19.7 Å². The molecule has 1 atom stereocenters. The quantitative estimate of drug-likeness (QED) is 0.269. The monoisotopic (exact) mass is 462 g/mol. The molecule has 178 valence electrons. The van der Waals surface area contributed by atoms with E-state index in [2.05, 4.69) is 51.6 Å². The first-order valence-corrected chi connectivity index (χ1v) is 11.2. The van der Waals surface area contributed by atoms with E-state index in [0.29, 0.717) is 5.56 Å². The van der Waals surface area contributed by atoms with Gasteiger partial charge < -0.3 is 15.4 Å². The summed E-state index contributed by atoms with van der Waals surface area (Å²) in [6.45, 7) is 4.67. The summed E-state index contributed by atoms with van der Waals surface area (Å²) >= 11 is 0. The van der Waals surface area contributed by atoms with Crippen LogP contribution in [0.25, 0.3) is 6.08 Å². The van der Waals surface area contributed by atoms with Crippen LogP contribution < -0.4 is 16.1 Å². The van der Waals surface area contributed by atoms with Crippen molar-refractivity contribution in [2.75, 3.05) is 39.9 Å². The Morgan fingerprint density at radius 1 is 1.12 bits per heavy atom. The maximum atomic E-state index is 12.4. The molecule has 1 heterocycles. The summed E-state index contributed by atoms with van der Waals surface area (Å²) in [5, 5.41) is 14.2. The number of likely N-dealkylation sites (N-methyl/N-ethyl adjacent to an activating group) is 1. The number of amides is 2. The number of ether oxygens (including phenoxy) is 1. The van der Waals surface area contributed by atoms with Crippen molar-refractivity contribution in [1.82, 2.24) is 21.0 Å². The Balaban J connectivity index is 1.51. The number of morpholine rings is 1. The summed E-state index contributed by atoms with van der Waals surface area (Å²) in [7, 11) is 1.65. The van der Waals surface area contributed by atoms with Crippen LogP contribution >= 0.6 is 0 Å². The van der Waals surface area contributed by atoms with Crippen LogP contribution in [0.3, 0.4) is 0 Å². The van der Waals surface area contributed by atoms with Crippen LogP contribution in [0.1, 0.15) is 27.0 Å². The Hall–Kier alpha value is -3.48. The van der Waals surface area contributed by atoms with Crippen molar-refractivity contribution in [2.45, 2.75) is 12.6 Å². The molecule has 2 amide bonds. The number of hydrogen-bond acceptors (Lipinski definition) is 6. The van der Waals surface area contributed by atoms with Gasteiger partial charge in [-0.15, -0.1) is 0 Å². The summed E-state index contributed by atoms with van der Waals surface area (Å²) < 4.78 is 5.39. The first-order valence-electron chi connectivity index (χ1n) is 11.2. The normalized spacial score (nSPS) is 14.8. The van der Waals surface area contributed by atoms with Crippen molar-refractivity contribution in [3.63, 3.8) is 0 Å². The maximum Gasteiger partial charge on any atom is 0.267 e. The molecule has 34 heavy (non-hydrogen) atoms. The van der Waals surface area contributed by atoms with Gasteiger partial charge in [0.15, 0.2) is 0 Å². The number of hydroxylamine groups is 1. The van der Waals surface area contributed by atoms with Gasteiger partial charge in [-0.1, -0.05) is 36.1 Å². The Labute approximate surface area is 199 Å². The van der Waals surface area contributed by atoms with Gasteiger partial charge >= 0.3 is 0 Å². The number of rotatable bonds is 8. The molecule has 1 fully saturated rings. The predicted molar refractivity (Wildman–Crippen MR) is 130 cm³/mol. The highest BCUT2D eigenvalue weighted by Crippen LogP contribution is 2.10. The average molecular weight is 463 g/mol. The van der Waals surface area contributed by atoms with E-state index in [1.807, 2.05) is 6.08 Å². The van der Waals surface area contributed by atoms with Gasteiger partial charge in [0.1, 0.15) is 6.04 Å². The highest BCUT2D eigenvalue weighted by atomic mass is 16.5. The third-order valence-corrected chi connectivity index (χ3v) is 5.35. The molecule has 1 saturated heterocycles. The standard InChI is InChI=1S/C26H30N4O4/c1-27-18-24(26(32)29-33)28-25(31)23-12-10-21(11-13-23)5-3-2-4-20-6-8-22(9-7-20)19-30-14-16-34-17-15-30/h2,4,6-13,24,27,33H,14-19H2,1H3,(H,28,31)(H,29,32)/t24-/m0/s1. The molecule has 2 aromatic carbocycles. The summed E-state index contributed by atoms with van der Waals surface area (Å²) in [4.78, 5) is 26.4. The number of nitrogens with zero attached hydrogens (tertiary/aromatic N) is 1. The van der Waals surface area contributed by atoms with Crippen molar-refractivity contribution in [2.24, 2.45) is 0 Å². The topological polar surface area (TPSA) is 103 Å². The van der Waals surface area contributed by atoms with Crippen molar-refractivity contribution in [3.8, 4) is 11.8 Å². The fraction of sp³-hybridized carbons (Fsp3) is 0.308. The number of benzene rings is 2. The van der Waals surface area contributed by atoms with Gasteiger partial charge in [0, 0.05) is 37.3 Å². The minimum Gasteiger partial charge on any atom is -0.379 e. The van der Waals surface area contributed by atoms with Crippen LogP contribution in [0.4, 0.5) is 0 Å². The van der Waals surface area contributed by atoms with Gasteiger partial charge in [-0.05, 0) is 54.6 Å². The van der Waals surface area contributed by atoms with Crippen molar-refractivity contribution < 1.29 is 19.5 Å². The molecule has 0 saturated carbocycles. The lowest BCUT2D eigenvalue weighted by Gasteiger charge is -2.26. The largest absolute Gasteiger partial charge is 0.379 e. The van der Waals surface area contributed by atoms with Gasteiger partial charge in [0.25, 0.3) is 11.8 Å². The number of hydrogen-bond donors (Lipinski definition) is 4. The Bertz CT molecular complexity index is 1030. The SMILES string of the molecule is CNC[C@H](NC(=O)c1ccc(C#CC=Cc2ccc(CN3CCOCC3)cc2)cc1)C(=O)NO. The van der Waals surface area contributed by atoms with Crippen LogP contribution in [0.2, 0.25) is 0 Å². The van der Waals surface area contributed by atoms with Crippen LogP contribution in [0, 0.1) is 11.8 Å². The minimum atomic E-state index is -0.888. The number of nitrogens with one attached hydrogen (secondary N) is 3. The van der Waals surface area contributed by atoms with E-state index in [0.717, 1.165) is 44.0 Å². The smallest absolute Gasteiger partial charge is 0.267 e. The second-order valence-electron chi connectivity index (χ2n) is 7.87. The van der Waals surface area contributed by atoms with E-state index in [1.54, 1.807) is 42.9 Å².